The van der Waals surface area contributed by atoms with Crippen molar-refractivity contribution < 1.29 is 24.5 Å². The summed E-state index contributed by atoms with van der Waals surface area (Å²) in [6.45, 7) is -0.0563. The number of carbonyl (C=O) groups is 1. The minimum absolute atomic E-state index is 0.0551. The highest BCUT2D eigenvalue weighted by atomic mass is 19.1. The van der Waals surface area contributed by atoms with Crippen molar-refractivity contribution in [3.05, 3.63) is 81.5 Å². The zero-order chi connectivity index (χ0) is 26.8. The van der Waals surface area contributed by atoms with Crippen molar-refractivity contribution in [3.63, 3.8) is 0 Å². The number of hydrogen-bond acceptors (Lipinski definition) is 6. The van der Waals surface area contributed by atoms with Gasteiger partial charge in [-0.25, -0.2) is 9.37 Å². The maximum atomic E-state index is 13.6. The molecule has 0 radical (unpaired) electrons. The molecule has 200 valence electrons. The van der Waals surface area contributed by atoms with Gasteiger partial charge in [0, 0.05) is 30.3 Å². The van der Waals surface area contributed by atoms with Gasteiger partial charge in [0.1, 0.15) is 11.9 Å². The number of likely N-dealkylation sites (tertiary alicyclic amines) is 1. The Balaban J connectivity index is 1.42. The van der Waals surface area contributed by atoms with E-state index in [2.05, 4.69) is 15.1 Å². The molecular weight excluding hydrogens is 493 g/mol. The fourth-order valence-electron chi connectivity index (χ4n) is 5.02. The Morgan fingerprint density at radius 3 is 2.47 bits per heavy atom. The number of para-hydroxylation sites is 2. The topological polar surface area (TPSA) is 147 Å². The molecule has 4 aromatic rings. The third-order valence-electron chi connectivity index (χ3n) is 7.20. The molecule has 0 bridgehead atoms. The molecule has 0 unspecified atom stereocenters. The molecule has 1 amide bonds. The van der Waals surface area contributed by atoms with E-state index in [4.69, 9.17) is 5.11 Å². The molecule has 3 heterocycles. The van der Waals surface area contributed by atoms with Crippen LogP contribution in [0.5, 0.6) is 0 Å². The van der Waals surface area contributed by atoms with Crippen LogP contribution in [-0.4, -0.2) is 77.8 Å². The van der Waals surface area contributed by atoms with E-state index < -0.39 is 24.7 Å². The number of H-pyrrole nitrogens is 2. The van der Waals surface area contributed by atoms with Gasteiger partial charge in [-0.15, -0.1) is 0 Å². The van der Waals surface area contributed by atoms with E-state index in [1.165, 1.54) is 21.7 Å². The molecule has 1 aliphatic rings. The van der Waals surface area contributed by atoms with Gasteiger partial charge in [-0.05, 0) is 55.5 Å². The Morgan fingerprint density at radius 2 is 1.79 bits per heavy atom. The van der Waals surface area contributed by atoms with Gasteiger partial charge in [-0.3, -0.25) is 14.7 Å². The highest BCUT2D eigenvalue weighted by Gasteiger charge is 2.33. The smallest absolute Gasteiger partial charge is 0.277 e. The fourth-order valence-corrected chi connectivity index (χ4v) is 5.02. The number of benzene rings is 2. The van der Waals surface area contributed by atoms with E-state index in [-0.39, 0.29) is 17.3 Å². The number of aliphatic hydroxyl groups is 3. The number of piperidine rings is 1. The number of hydrogen-bond donors (Lipinski definition) is 5. The van der Waals surface area contributed by atoms with Crippen molar-refractivity contribution in [1.29, 1.82) is 0 Å². The lowest BCUT2D eigenvalue weighted by atomic mass is 9.89. The van der Waals surface area contributed by atoms with Gasteiger partial charge in [0.15, 0.2) is 6.10 Å². The SMILES string of the molecule is O=C([C@@H](O)[C@H](O)CO)N1CCC(c2[nH]n(-c3nc4ccccc4[nH]3)c(=O)c2CCc2ccc(F)cc2)CC1. The first-order valence-electron chi connectivity index (χ1n) is 12.6. The summed E-state index contributed by atoms with van der Waals surface area (Å²) in [6, 6.07) is 13.7. The molecule has 2 atom stereocenters. The maximum absolute atomic E-state index is 13.6. The fraction of sp³-hybridized carbons (Fsp3) is 0.370. The Bertz CT molecular complexity index is 1440. The highest BCUT2D eigenvalue weighted by molar-refractivity contribution is 5.81. The summed E-state index contributed by atoms with van der Waals surface area (Å²) in [5.74, 6) is -0.629. The predicted octanol–water partition coefficient (Wildman–Crippen LogP) is 1.39. The number of nitrogens with zero attached hydrogens (tertiary/aromatic N) is 3. The summed E-state index contributed by atoms with van der Waals surface area (Å²) in [5, 5.41) is 31.9. The van der Waals surface area contributed by atoms with Crippen LogP contribution >= 0.6 is 0 Å². The number of fused-ring (bicyclic) bond motifs is 1. The predicted molar refractivity (Wildman–Crippen MR) is 138 cm³/mol. The third kappa shape index (κ3) is 5.13. The molecule has 1 aliphatic heterocycles. The first kappa shape index (κ1) is 25.8. The van der Waals surface area contributed by atoms with Crippen molar-refractivity contribution in [2.45, 2.75) is 43.8 Å². The second kappa shape index (κ2) is 10.9. The van der Waals surface area contributed by atoms with Crippen molar-refractivity contribution in [2.75, 3.05) is 19.7 Å². The van der Waals surface area contributed by atoms with Gasteiger partial charge in [0.25, 0.3) is 11.5 Å². The summed E-state index contributed by atoms with van der Waals surface area (Å²) in [4.78, 5) is 35.3. The van der Waals surface area contributed by atoms with Gasteiger partial charge < -0.3 is 25.2 Å². The molecule has 1 saturated heterocycles. The average molecular weight is 524 g/mol. The van der Waals surface area contributed by atoms with Gasteiger partial charge in [0.2, 0.25) is 5.95 Å². The number of amides is 1. The summed E-state index contributed by atoms with van der Waals surface area (Å²) in [5.41, 5.74) is 3.59. The number of carbonyl (C=O) groups excluding carboxylic acids is 1. The number of imidazole rings is 1. The van der Waals surface area contributed by atoms with Crippen molar-refractivity contribution in [2.24, 2.45) is 0 Å². The van der Waals surface area contributed by atoms with E-state index >= 15 is 0 Å². The van der Waals surface area contributed by atoms with Crippen LogP contribution < -0.4 is 5.56 Å². The van der Waals surface area contributed by atoms with E-state index in [1.807, 2.05) is 24.3 Å². The Labute approximate surface area is 217 Å². The molecule has 11 heteroatoms. The summed E-state index contributed by atoms with van der Waals surface area (Å²) < 4.78 is 14.8. The van der Waals surface area contributed by atoms with Crippen LogP contribution in [0.2, 0.25) is 0 Å². The monoisotopic (exact) mass is 523 g/mol. The Kier molecular flexibility index (Phi) is 7.41. The summed E-state index contributed by atoms with van der Waals surface area (Å²) in [7, 11) is 0. The number of nitrogens with one attached hydrogen (secondary N) is 2. The zero-order valence-electron chi connectivity index (χ0n) is 20.7. The number of halogens is 1. The lowest BCUT2D eigenvalue weighted by molar-refractivity contribution is -0.148. The van der Waals surface area contributed by atoms with Crippen LogP contribution in [0.15, 0.2) is 53.3 Å². The molecule has 5 rings (SSSR count). The van der Waals surface area contributed by atoms with E-state index in [0.29, 0.717) is 50.3 Å². The van der Waals surface area contributed by atoms with E-state index in [1.54, 1.807) is 12.1 Å². The Morgan fingerprint density at radius 1 is 1.08 bits per heavy atom. The number of aliphatic hydroxyl groups excluding tert-OH is 3. The normalized spacial score (nSPS) is 16.2. The third-order valence-corrected chi connectivity index (χ3v) is 7.20. The van der Waals surface area contributed by atoms with Crippen LogP contribution in [0.25, 0.3) is 17.0 Å². The molecule has 0 spiro atoms. The summed E-state index contributed by atoms with van der Waals surface area (Å²) >= 11 is 0. The molecule has 0 aliphatic carbocycles. The molecular formula is C27H30FN5O5. The van der Waals surface area contributed by atoms with Gasteiger partial charge in [-0.1, -0.05) is 24.3 Å². The first-order valence-corrected chi connectivity index (χ1v) is 12.6. The molecule has 2 aromatic carbocycles. The molecule has 10 nitrogen and oxygen atoms in total. The largest absolute Gasteiger partial charge is 0.394 e. The molecule has 1 fully saturated rings. The zero-order valence-corrected chi connectivity index (χ0v) is 20.7. The standard InChI is InChI=1S/C27H30FN5O5/c28-18-8-5-16(6-9-18)7-10-19-23(17-11-13-32(14-12-17)26(38)24(36)22(35)15-34)31-33(25(19)37)27-29-20-3-1-2-4-21(20)30-27/h1-6,8-9,17,22,24,31,34-36H,7,10-15H2,(H,29,30)/t22-,24+/m1/s1. The molecule has 38 heavy (non-hydrogen) atoms. The van der Waals surface area contributed by atoms with Crippen molar-refractivity contribution in [3.8, 4) is 5.95 Å². The second-order valence-electron chi connectivity index (χ2n) is 9.64. The van der Waals surface area contributed by atoms with Gasteiger partial charge >= 0.3 is 0 Å². The summed E-state index contributed by atoms with van der Waals surface area (Å²) in [6.07, 6.45) is -1.16. The molecule has 5 N–H and O–H groups in total. The number of aromatic amines is 2. The first-order chi connectivity index (χ1) is 18.4. The maximum Gasteiger partial charge on any atom is 0.277 e. The van der Waals surface area contributed by atoms with Crippen LogP contribution in [0.4, 0.5) is 4.39 Å². The lowest BCUT2D eigenvalue weighted by Crippen LogP contribution is -2.48. The van der Waals surface area contributed by atoms with Crippen molar-refractivity contribution in [1.82, 2.24) is 24.6 Å². The number of aryl methyl sites for hydroxylation is 1. The molecule has 0 saturated carbocycles. The van der Waals surface area contributed by atoms with Crippen LogP contribution in [-0.2, 0) is 17.6 Å². The van der Waals surface area contributed by atoms with E-state index in [9.17, 15) is 24.2 Å². The van der Waals surface area contributed by atoms with Gasteiger partial charge in [0.05, 0.1) is 17.6 Å². The van der Waals surface area contributed by atoms with Crippen molar-refractivity contribution >= 4 is 16.9 Å². The minimum atomic E-state index is -1.68. The second-order valence-corrected chi connectivity index (χ2v) is 9.64. The average Bonchev–Trinajstić information content (AvgIpc) is 3.52. The highest BCUT2D eigenvalue weighted by Crippen LogP contribution is 2.30. The van der Waals surface area contributed by atoms with Crippen LogP contribution in [0, 0.1) is 5.82 Å². The number of rotatable bonds is 8. The Hall–Kier alpha value is -3.80. The van der Waals surface area contributed by atoms with E-state index in [0.717, 1.165) is 22.3 Å². The quantitative estimate of drug-likeness (QED) is 0.236. The van der Waals surface area contributed by atoms with Gasteiger partial charge in [-0.2, -0.15) is 4.68 Å². The van der Waals surface area contributed by atoms with Crippen LogP contribution in [0.3, 0.4) is 0 Å². The van der Waals surface area contributed by atoms with Crippen LogP contribution in [0.1, 0.15) is 35.6 Å². The minimum Gasteiger partial charge on any atom is -0.394 e. The lowest BCUT2D eigenvalue weighted by Gasteiger charge is -2.33. The number of aromatic nitrogens is 4. The molecule has 2 aromatic heterocycles.